The molecule has 0 aliphatic rings. The van der Waals surface area contributed by atoms with Crippen molar-refractivity contribution in [1.82, 2.24) is 24.9 Å². The van der Waals surface area contributed by atoms with Crippen LogP contribution < -0.4 is 0 Å². The lowest BCUT2D eigenvalue weighted by Crippen LogP contribution is -2.00. The zero-order valence-corrected chi connectivity index (χ0v) is 32.5. The predicted octanol–water partition coefficient (Wildman–Crippen LogP) is 14.1. The average Bonchev–Trinajstić information content (AvgIpc) is 3.97. The van der Waals surface area contributed by atoms with E-state index in [-0.39, 0.29) is 0 Å². The van der Waals surface area contributed by atoms with Crippen molar-refractivity contribution in [3.8, 4) is 56.8 Å². The first-order valence-electron chi connectivity index (χ1n) is 18.7. The lowest BCUT2D eigenvalue weighted by molar-refractivity contribution is 1.08. The first kappa shape index (κ1) is 32.5. The minimum absolute atomic E-state index is 0.647. The summed E-state index contributed by atoms with van der Waals surface area (Å²) in [6.45, 7) is 0. The maximum atomic E-state index is 5.29. The van der Waals surface area contributed by atoms with Crippen molar-refractivity contribution in [2.24, 2.45) is 0 Å². The summed E-state index contributed by atoms with van der Waals surface area (Å²) >= 11 is 5.32. The second-order valence-electron chi connectivity index (χ2n) is 14.0. The highest BCUT2D eigenvalue weighted by molar-refractivity contribution is 7.26. The zero-order valence-electron chi connectivity index (χ0n) is 30.0. The Balaban J connectivity index is 1.05. The maximum absolute atomic E-state index is 5.29. The van der Waals surface area contributed by atoms with Gasteiger partial charge < -0.3 is 0 Å². The number of thiophene rings is 3. The van der Waals surface area contributed by atoms with Crippen molar-refractivity contribution < 1.29 is 0 Å². The molecule has 0 amide bonds. The van der Waals surface area contributed by atoms with E-state index < -0.39 is 0 Å². The molecule has 8 heteroatoms. The number of hydrogen-bond donors (Lipinski definition) is 0. The van der Waals surface area contributed by atoms with Gasteiger partial charge in [0.15, 0.2) is 23.3 Å². The summed E-state index contributed by atoms with van der Waals surface area (Å²) in [7, 11) is 0. The van der Waals surface area contributed by atoms with Crippen LogP contribution in [-0.4, -0.2) is 24.9 Å². The zero-order chi connectivity index (χ0) is 37.5. The molecule has 0 saturated carbocycles. The van der Waals surface area contributed by atoms with E-state index in [2.05, 4.69) is 140 Å². The summed E-state index contributed by atoms with van der Waals surface area (Å²) in [5.74, 6) is 2.67. The molecule has 7 aromatic carbocycles. The molecular weight excluding hydrogens is 755 g/mol. The SMILES string of the molecule is c1ccc(-c2nc(-c3cccc4sc5ccccc5c34)nc(-c3cccc4sc5cc(-c6nc(-c7ccccc7)c7sc8ccccc8c7n6)ccc5c34)n2)cc1. The van der Waals surface area contributed by atoms with E-state index >= 15 is 0 Å². The van der Waals surface area contributed by atoms with Gasteiger partial charge in [0.1, 0.15) is 0 Å². The number of fused-ring (bicyclic) bond motifs is 9. The van der Waals surface area contributed by atoms with Gasteiger partial charge in [-0.3, -0.25) is 0 Å². The second kappa shape index (κ2) is 12.9. The summed E-state index contributed by atoms with van der Waals surface area (Å²) in [6.07, 6.45) is 0. The van der Waals surface area contributed by atoms with Crippen LogP contribution >= 0.6 is 34.0 Å². The molecule has 12 rings (SSSR count). The lowest BCUT2D eigenvalue weighted by Gasteiger charge is -2.10. The van der Waals surface area contributed by atoms with E-state index in [4.69, 9.17) is 24.9 Å². The average molecular weight is 782 g/mol. The summed E-state index contributed by atoms with van der Waals surface area (Å²) in [5, 5.41) is 5.82. The highest BCUT2D eigenvalue weighted by Crippen LogP contribution is 2.44. The number of hydrogen-bond acceptors (Lipinski definition) is 8. The fourth-order valence-corrected chi connectivity index (χ4v) is 11.4. The van der Waals surface area contributed by atoms with E-state index in [1.54, 1.807) is 34.0 Å². The molecule has 5 heterocycles. The van der Waals surface area contributed by atoms with Crippen LogP contribution in [0.1, 0.15) is 0 Å². The van der Waals surface area contributed by atoms with E-state index in [0.29, 0.717) is 23.3 Å². The Hall–Kier alpha value is -6.71. The molecule has 12 aromatic rings. The molecule has 57 heavy (non-hydrogen) atoms. The first-order chi connectivity index (χ1) is 28.2. The van der Waals surface area contributed by atoms with Crippen LogP contribution in [0.15, 0.2) is 164 Å². The van der Waals surface area contributed by atoms with Crippen molar-refractivity contribution in [3.63, 3.8) is 0 Å². The van der Waals surface area contributed by atoms with Crippen LogP contribution in [0.4, 0.5) is 0 Å². The second-order valence-corrected chi connectivity index (χ2v) is 17.2. The van der Waals surface area contributed by atoms with Crippen LogP contribution in [0.2, 0.25) is 0 Å². The molecule has 0 spiro atoms. The third kappa shape index (κ3) is 5.29. The van der Waals surface area contributed by atoms with Gasteiger partial charge in [-0.15, -0.1) is 34.0 Å². The Morgan fingerprint density at radius 2 is 0.842 bits per heavy atom. The molecule has 5 aromatic heterocycles. The van der Waals surface area contributed by atoms with Gasteiger partial charge in [0.25, 0.3) is 0 Å². The summed E-state index contributed by atoms with van der Waals surface area (Å²) < 4.78 is 7.09. The van der Waals surface area contributed by atoms with Gasteiger partial charge in [-0.25, -0.2) is 24.9 Å². The quantitative estimate of drug-likeness (QED) is 0.174. The molecule has 0 saturated heterocycles. The highest BCUT2D eigenvalue weighted by atomic mass is 32.1. The first-order valence-corrected chi connectivity index (χ1v) is 21.1. The van der Waals surface area contributed by atoms with Crippen molar-refractivity contribution in [2.75, 3.05) is 0 Å². The smallest absolute Gasteiger partial charge is 0.164 e. The monoisotopic (exact) mass is 781 g/mol. The molecule has 0 aliphatic heterocycles. The molecule has 0 bridgehead atoms. The van der Waals surface area contributed by atoms with Gasteiger partial charge in [0, 0.05) is 78.2 Å². The topological polar surface area (TPSA) is 64.5 Å². The van der Waals surface area contributed by atoms with Crippen LogP contribution in [0, 0.1) is 0 Å². The van der Waals surface area contributed by atoms with Crippen LogP contribution in [-0.2, 0) is 0 Å². The Labute approximate surface area is 338 Å². The van der Waals surface area contributed by atoms with E-state index in [1.165, 1.54) is 29.6 Å². The molecule has 0 N–H and O–H groups in total. The fourth-order valence-electron chi connectivity index (χ4n) is 7.96. The van der Waals surface area contributed by atoms with Gasteiger partial charge in [-0.2, -0.15) is 0 Å². The van der Waals surface area contributed by atoms with Crippen molar-refractivity contribution in [1.29, 1.82) is 0 Å². The summed E-state index contributed by atoms with van der Waals surface area (Å²) in [5.41, 5.74) is 6.94. The molecule has 5 nitrogen and oxygen atoms in total. The standard InChI is InChI=1S/C49H27N5S3/c1-3-13-28(14-4-1)43-45-44(33-18-8-10-22-37(33)57-45)51-47(50-43)30-25-26-32-40(27-30)56-39-24-12-20-35(42(32)39)49-53-46(29-15-5-2-6-16-29)52-48(54-49)34-19-11-23-38-41(34)31-17-7-9-21-36(31)55-38/h1-27H. The van der Waals surface area contributed by atoms with Gasteiger partial charge >= 0.3 is 0 Å². The molecule has 266 valence electrons. The Kier molecular flexibility index (Phi) is 7.38. The maximum Gasteiger partial charge on any atom is 0.164 e. The van der Waals surface area contributed by atoms with Gasteiger partial charge in [0.2, 0.25) is 0 Å². The van der Waals surface area contributed by atoms with E-state index in [1.807, 2.05) is 24.3 Å². The number of rotatable bonds is 5. The normalized spacial score (nSPS) is 11.9. The van der Waals surface area contributed by atoms with Gasteiger partial charge in [-0.1, -0.05) is 133 Å². The lowest BCUT2D eigenvalue weighted by atomic mass is 10.0. The van der Waals surface area contributed by atoms with Crippen molar-refractivity contribution >= 4 is 94.7 Å². The van der Waals surface area contributed by atoms with Crippen LogP contribution in [0.3, 0.4) is 0 Å². The van der Waals surface area contributed by atoms with E-state index in [0.717, 1.165) is 64.6 Å². The molecule has 0 unspecified atom stereocenters. The number of benzene rings is 7. The van der Waals surface area contributed by atoms with Gasteiger partial charge in [-0.05, 0) is 30.3 Å². The molecule has 0 radical (unpaired) electrons. The number of aromatic nitrogens is 5. The summed E-state index contributed by atoms with van der Waals surface area (Å²) in [6, 6.07) is 57.2. The Morgan fingerprint density at radius 3 is 1.54 bits per heavy atom. The van der Waals surface area contributed by atoms with Crippen molar-refractivity contribution in [2.45, 2.75) is 0 Å². The molecule has 0 aliphatic carbocycles. The third-order valence-corrected chi connectivity index (χ3v) is 14.0. The van der Waals surface area contributed by atoms with Crippen LogP contribution in [0.5, 0.6) is 0 Å². The predicted molar refractivity (Wildman–Crippen MR) is 241 cm³/mol. The Bertz CT molecular complexity index is 3530. The van der Waals surface area contributed by atoms with E-state index in [9.17, 15) is 0 Å². The highest BCUT2D eigenvalue weighted by Gasteiger charge is 2.21. The number of nitrogens with zero attached hydrogens (tertiary/aromatic N) is 5. The Morgan fingerprint density at radius 1 is 0.316 bits per heavy atom. The largest absolute Gasteiger partial charge is 0.226 e. The van der Waals surface area contributed by atoms with Crippen molar-refractivity contribution in [3.05, 3.63) is 164 Å². The minimum atomic E-state index is 0.647. The van der Waals surface area contributed by atoms with Crippen LogP contribution in [0.25, 0.3) is 117 Å². The molecule has 0 atom stereocenters. The fraction of sp³-hybridized carbons (Fsp3) is 0. The molecular formula is C49H27N5S3. The minimum Gasteiger partial charge on any atom is -0.226 e. The van der Waals surface area contributed by atoms with Gasteiger partial charge in [0.05, 0.1) is 15.9 Å². The molecule has 0 fully saturated rings. The summed E-state index contributed by atoms with van der Waals surface area (Å²) in [4.78, 5) is 26.1. The third-order valence-electron chi connectivity index (χ3n) is 10.6.